The summed E-state index contributed by atoms with van der Waals surface area (Å²) in [6, 6.07) is 0.235. The third-order valence-electron chi connectivity index (χ3n) is 6.77. The van der Waals surface area contributed by atoms with E-state index in [1.165, 1.54) is 0 Å². The van der Waals surface area contributed by atoms with Crippen molar-refractivity contribution in [2.24, 2.45) is 17.3 Å². The van der Waals surface area contributed by atoms with Crippen LogP contribution in [0.25, 0.3) is 0 Å². The fourth-order valence-corrected chi connectivity index (χ4v) is 5.01. The summed E-state index contributed by atoms with van der Waals surface area (Å²) in [5, 5.41) is 0. The van der Waals surface area contributed by atoms with Crippen molar-refractivity contribution in [1.29, 1.82) is 0 Å². The maximum absolute atomic E-state index is 14.7. The van der Waals surface area contributed by atoms with Gasteiger partial charge in [-0.1, -0.05) is 13.3 Å². The fraction of sp³-hybridized carbons (Fsp3) is 0.727. The second kappa shape index (κ2) is 8.57. The van der Waals surface area contributed by atoms with E-state index in [4.69, 9.17) is 14.2 Å². The molecule has 0 unspecified atom stereocenters. The molecule has 3 saturated heterocycles. The molecule has 0 radical (unpaired) electrons. The van der Waals surface area contributed by atoms with Gasteiger partial charge in [-0.25, -0.2) is 8.78 Å². The predicted octanol–water partition coefficient (Wildman–Crippen LogP) is 6.28. The van der Waals surface area contributed by atoms with Gasteiger partial charge < -0.3 is 18.9 Å². The van der Waals surface area contributed by atoms with E-state index in [2.05, 4.69) is 11.7 Å². The number of ether oxygens (including phenoxy) is 4. The lowest BCUT2D eigenvalue weighted by atomic mass is 9.77. The molecule has 11 heteroatoms. The van der Waals surface area contributed by atoms with Gasteiger partial charge >= 0.3 is 12.3 Å². The van der Waals surface area contributed by atoms with Crippen molar-refractivity contribution in [3.63, 3.8) is 0 Å². The number of hydrogen-bond acceptors (Lipinski definition) is 4. The predicted molar refractivity (Wildman–Crippen MR) is 100 cm³/mol. The molecule has 1 saturated carbocycles. The van der Waals surface area contributed by atoms with Crippen LogP contribution < -0.4 is 4.74 Å². The summed E-state index contributed by atoms with van der Waals surface area (Å²) in [5.74, 6) is -7.87. The van der Waals surface area contributed by atoms with Crippen molar-refractivity contribution in [3.05, 3.63) is 29.3 Å². The van der Waals surface area contributed by atoms with Gasteiger partial charge in [0, 0.05) is 23.5 Å². The SMILES string of the molecule is CCCC12COC(C3CCC(C(F)(F)Oc4cc(F)c(C(F)(F)F)c(F)c4)CC3)(OC1)OC2. The lowest BCUT2D eigenvalue weighted by Crippen LogP contribution is -2.63. The average Bonchev–Trinajstić information content (AvgIpc) is 2.73. The number of hydrogen-bond donors (Lipinski definition) is 0. The Bertz CT molecular complexity index is 817. The molecule has 0 aromatic heterocycles. The van der Waals surface area contributed by atoms with E-state index >= 15 is 0 Å². The molecule has 3 heterocycles. The van der Waals surface area contributed by atoms with Crippen molar-refractivity contribution in [2.75, 3.05) is 19.8 Å². The molecule has 0 atom stereocenters. The van der Waals surface area contributed by atoms with Crippen molar-refractivity contribution < 1.29 is 49.7 Å². The fourth-order valence-electron chi connectivity index (χ4n) is 5.01. The van der Waals surface area contributed by atoms with Crippen LogP contribution in [0.2, 0.25) is 0 Å². The highest BCUT2D eigenvalue weighted by Crippen LogP contribution is 2.50. The van der Waals surface area contributed by atoms with Crippen LogP contribution in [-0.4, -0.2) is 31.9 Å². The molecule has 0 N–H and O–H groups in total. The Kier molecular flexibility index (Phi) is 6.37. The number of benzene rings is 1. The van der Waals surface area contributed by atoms with Crippen molar-refractivity contribution >= 4 is 0 Å². The normalized spacial score (nSPS) is 32.7. The molecule has 3 aliphatic heterocycles. The zero-order valence-electron chi connectivity index (χ0n) is 18.0. The summed E-state index contributed by atoms with van der Waals surface area (Å²) >= 11 is 0. The largest absolute Gasteiger partial charge is 0.432 e. The molecular formula is C22H25F7O4. The standard InChI is InChI=1S/C22H25F7O4/c1-2-7-19-10-30-22(31-11-19,32-12-19)14-5-3-13(4-6-14)21(28,29)33-15-8-16(23)18(17(24)9-15)20(25,26)27/h8-9,13-14H,2-7,10-12H2,1H3. The molecular weight excluding hydrogens is 461 g/mol. The van der Waals surface area contributed by atoms with Gasteiger partial charge in [0.25, 0.3) is 5.97 Å². The van der Waals surface area contributed by atoms with Gasteiger partial charge in [-0.05, 0) is 32.1 Å². The second-order valence-corrected chi connectivity index (χ2v) is 9.19. The smallest absolute Gasteiger partial charge is 0.422 e. The third-order valence-corrected chi connectivity index (χ3v) is 6.77. The highest BCUT2D eigenvalue weighted by atomic mass is 19.4. The highest BCUT2D eigenvalue weighted by molar-refractivity contribution is 5.32. The Balaban J connectivity index is 1.38. The first-order valence-corrected chi connectivity index (χ1v) is 10.9. The van der Waals surface area contributed by atoms with Crippen LogP contribution in [0.4, 0.5) is 30.7 Å². The van der Waals surface area contributed by atoms with Gasteiger partial charge in [0.05, 0.1) is 25.7 Å². The van der Waals surface area contributed by atoms with Crippen LogP contribution in [-0.2, 0) is 20.4 Å². The summed E-state index contributed by atoms with van der Waals surface area (Å²) in [4.78, 5) is 0. The van der Waals surface area contributed by atoms with Crippen molar-refractivity contribution in [2.45, 2.75) is 63.7 Å². The Morgan fingerprint density at radius 1 is 0.909 bits per heavy atom. The Morgan fingerprint density at radius 3 is 1.88 bits per heavy atom. The van der Waals surface area contributed by atoms with Crippen LogP contribution in [0.5, 0.6) is 5.75 Å². The minimum Gasteiger partial charge on any atom is -0.432 e. The molecule has 4 aliphatic rings. The maximum atomic E-state index is 14.7. The van der Waals surface area contributed by atoms with Crippen LogP contribution in [0.15, 0.2) is 12.1 Å². The summed E-state index contributed by atoms with van der Waals surface area (Å²) in [6.45, 7) is 3.49. The summed E-state index contributed by atoms with van der Waals surface area (Å²) in [7, 11) is 0. The van der Waals surface area contributed by atoms with E-state index in [0.717, 1.165) is 12.8 Å². The van der Waals surface area contributed by atoms with Crippen LogP contribution in [0, 0.1) is 28.9 Å². The van der Waals surface area contributed by atoms with Gasteiger partial charge in [0.2, 0.25) is 0 Å². The Hall–Kier alpha value is -1.59. The van der Waals surface area contributed by atoms with Crippen molar-refractivity contribution in [1.82, 2.24) is 0 Å². The highest BCUT2D eigenvalue weighted by Gasteiger charge is 2.57. The van der Waals surface area contributed by atoms with E-state index in [-0.39, 0.29) is 49.1 Å². The lowest BCUT2D eigenvalue weighted by molar-refractivity contribution is -0.489. The number of alkyl halides is 5. The molecule has 4 fully saturated rings. The molecule has 33 heavy (non-hydrogen) atoms. The first kappa shape index (κ1) is 24.5. The van der Waals surface area contributed by atoms with Crippen LogP contribution in [0.1, 0.15) is 51.0 Å². The Labute approximate surface area is 186 Å². The molecule has 4 nitrogen and oxygen atoms in total. The Morgan fingerprint density at radius 2 is 1.42 bits per heavy atom. The van der Waals surface area contributed by atoms with Gasteiger partial charge in [0.15, 0.2) is 0 Å². The third kappa shape index (κ3) is 4.68. The molecule has 0 amide bonds. The zero-order chi connectivity index (χ0) is 24.1. The van der Waals surface area contributed by atoms with E-state index in [1.807, 2.05) is 0 Å². The second-order valence-electron chi connectivity index (χ2n) is 9.19. The summed E-state index contributed by atoms with van der Waals surface area (Å²) in [5.41, 5.74) is -2.33. The van der Waals surface area contributed by atoms with Crippen LogP contribution >= 0.6 is 0 Å². The first-order valence-electron chi connectivity index (χ1n) is 10.9. The molecule has 1 aliphatic carbocycles. The zero-order valence-corrected chi connectivity index (χ0v) is 18.0. The topological polar surface area (TPSA) is 36.9 Å². The van der Waals surface area contributed by atoms with Crippen LogP contribution in [0.3, 0.4) is 0 Å². The number of halogens is 7. The quantitative estimate of drug-likeness (QED) is 0.444. The summed E-state index contributed by atoms with van der Waals surface area (Å²) in [6.07, 6.45) is -6.75. The van der Waals surface area contributed by atoms with E-state index in [1.54, 1.807) is 0 Å². The van der Waals surface area contributed by atoms with Gasteiger partial charge in [-0.15, -0.1) is 0 Å². The van der Waals surface area contributed by atoms with E-state index < -0.39 is 47.1 Å². The van der Waals surface area contributed by atoms with E-state index in [0.29, 0.717) is 19.8 Å². The minimum absolute atomic E-state index is 0.0127. The molecule has 2 bridgehead atoms. The molecule has 5 rings (SSSR count). The molecule has 1 aromatic carbocycles. The van der Waals surface area contributed by atoms with Crippen molar-refractivity contribution in [3.8, 4) is 5.75 Å². The molecule has 186 valence electrons. The molecule has 1 aromatic rings. The minimum atomic E-state index is -5.30. The van der Waals surface area contributed by atoms with Gasteiger partial charge in [-0.2, -0.15) is 22.0 Å². The van der Waals surface area contributed by atoms with E-state index in [9.17, 15) is 30.7 Å². The van der Waals surface area contributed by atoms with Gasteiger partial charge in [-0.3, -0.25) is 0 Å². The number of rotatable bonds is 6. The summed E-state index contributed by atoms with van der Waals surface area (Å²) < 4.78 is 117. The monoisotopic (exact) mass is 486 g/mol. The maximum Gasteiger partial charge on any atom is 0.422 e. The molecule has 0 spiro atoms. The first-order chi connectivity index (χ1) is 15.4. The number of fused-ring (bicyclic) bond motifs is 3. The van der Waals surface area contributed by atoms with Gasteiger partial charge in [0.1, 0.15) is 22.9 Å². The average molecular weight is 486 g/mol. The lowest BCUT2D eigenvalue weighted by Gasteiger charge is -2.55.